The van der Waals surface area contributed by atoms with E-state index in [1.807, 2.05) is 12.2 Å². The zero-order valence-electron chi connectivity index (χ0n) is 42.8. The first-order chi connectivity index (χ1) is 33.5. The van der Waals surface area contributed by atoms with Crippen LogP contribution in [0.4, 0.5) is 0 Å². The van der Waals surface area contributed by atoms with Crippen LogP contribution in [0.15, 0.2) is 170 Å². The van der Waals surface area contributed by atoms with Crippen molar-refractivity contribution >= 4 is 17.9 Å². The van der Waals surface area contributed by atoms with Gasteiger partial charge in [-0.2, -0.15) is 0 Å². The molecule has 0 fully saturated rings. The molecule has 0 aromatic heterocycles. The standard InChI is InChI=1S/C62H92O6/c1-4-7-10-13-16-19-22-25-28-30-31-33-34-37-40-43-46-49-52-55-61(64)67-58-59(57-66-60(63)54-51-48-45-42-39-36-27-24-21-18-15-12-9-6-3)68-62(65)56-53-50-47-44-41-38-35-32-29-26-23-20-17-14-11-8-5-2/h7-12,16-21,25-29,31,33,35-38,40,44,46-47,49,59H,4-6,13-15,22-24,30,32,34,39,41-43,45,48,50-58H2,1-3H3/b10-7-,11-8-,12-9-,19-16-,20-17-,21-18-,28-25-,29-26-,33-31-,36-27-,38-35-,40-37-,47-44-,49-46-. The molecule has 1 atom stereocenters. The van der Waals surface area contributed by atoms with Crippen LogP contribution in [0.25, 0.3) is 0 Å². The van der Waals surface area contributed by atoms with Gasteiger partial charge in [-0.3, -0.25) is 14.4 Å². The van der Waals surface area contributed by atoms with E-state index in [1.165, 1.54) is 0 Å². The summed E-state index contributed by atoms with van der Waals surface area (Å²) in [6, 6.07) is 0. The number of unbranched alkanes of at least 4 members (excludes halogenated alkanes) is 5. The van der Waals surface area contributed by atoms with Crippen LogP contribution in [0.1, 0.15) is 181 Å². The SMILES string of the molecule is CC/C=C\C/C=C\C/C=C\C/C=C\C/C=C\C/C=C\CCC(=O)OCC(COC(=O)CCCCCC/C=C\C/C=C\C/C=C\CC)OC(=O)CCC/C=C\C/C=C\C/C=C\C/C=C\C/C=C\CC. The normalized spacial score (nSPS) is 13.5. The van der Waals surface area contributed by atoms with Crippen LogP contribution < -0.4 is 0 Å². The van der Waals surface area contributed by atoms with Crippen molar-refractivity contribution in [2.24, 2.45) is 0 Å². The molecule has 376 valence electrons. The van der Waals surface area contributed by atoms with Crippen molar-refractivity contribution in [3.05, 3.63) is 170 Å². The molecule has 0 heterocycles. The Bertz CT molecular complexity index is 1640. The first kappa shape index (κ1) is 62.8. The number of ether oxygens (including phenoxy) is 3. The second-order valence-corrected chi connectivity index (χ2v) is 16.3. The molecule has 0 aromatic rings. The quantitative estimate of drug-likeness (QED) is 0.0262. The van der Waals surface area contributed by atoms with Crippen LogP contribution in [0.5, 0.6) is 0 Å². The van der Waals surface area contributed by atoms with Gasteiger partial charge in [0.2, 0.25) is 0 Å². The second-order valence-electron chi connectivity index (χ2n) is 16.3. The Morgan fingerprint density at radius 2 is 0.574 bits per heavy atom. The Kier molecular flexibility index (Phi) is 50.2. The minimum absolute atomic E-state index is 0.145. The molecule has 0 bridgehead atoms. The van der Waals surface area contributed by atoms with Gasteiger partial charge in [-0.05, 0) is 128 Å². The maximum Gasteiger partial charge on any atom is 0.306 e. The summed E-state index contributed by atoms with van der Waals surface area (Å²) in [6.45, 7) is 6.13. The molecule has 0 rings (SSSR count). The summed E-state index contributed by atoms with van der Waals surface area (Å²) in [5, 5.41) is 0. The van der Waals surface area contributed by atoms with Gasteiger partial charge >= 0.3 is 17.9 Å². The number of hydrogen-bond donors (Lipinski definition) is 0. The van der Waals surface area contributed by atoms with Crippen molar-refractivity contribution in [3.63, 3.8) is 0 Å². The Labute approximate surface area is 415 Å². The van der Waals surface area contributed by atoms with Gasteiger partial charge in [-0.15, -0.1) is 0 Å². The largest absolute Gasteiger partial charge is 0.462 e. The molecule has 0 aliphatic heterocycles. The summed E-state index contributed by atoms with van der Waals surface area (Å²) in [6.07, 6.45) is 80.7. The van der Waals surface area contributed by atoms with Crippen molar-refractivity contribution in [1.82, 2.24) is 0 Å². The van der Waals surface area contributed by atoms with Crippen molar-refractivity contribution in [1.29, 1.82) is 0 Å². The Morgan fingerprint density at radius 1 is 0.294 bits per heavy atom. The van der Waals surface area contributed by atoms with E-state index in [0.717, 1.165) is 128 Å². The van der Waals surface area contributed by atoms with Crippen molar-refractivity contribution in [2.45, 2.75) is 187 Å². The average Bonchev–Trinajstić information content (AvgIpc) is 3.34. The smallest absolute Gasteiger partial charge is 0.306 e. The number of carbonyl (C=O) groups is 3. The fraction of sp³-hybridized carbons (Fsp3) is 0.500. The predicted molar refractivity (Wildman–Crippen MR) is 292 cm³/mol. The van der Waals surface area contributed by atoms with Crippen LogP contribution >= 0.6 is 0 Å². The highest BCUT2D eigenvalue weighted by Crippen LogP contribution is 2.10. The molecule has 0 saturated carbocycles. The van der Waals surface area contributed by atoms with E-state index < -0.39 is 12.1 Å². The topological polar surface area (TPSA) is 78.9 Å². The molecule has 0 aromatic carbocycles. The fourth-order valence-corrected chi connectivity index (χ4v) is 6.16. The summed E-state index contributed by atoms with van der Waals surface area (Å²) in [7, 11) is 0. The zero-order valence-corrected chi connectivity index (χ0v) is 42.8. The minimum Gasteiger partial charge on any atom is -0.462 e. The monoisotopic (exact) mass is 933 g/mol. The van der Waals surface area contributed by atoms with Crippen molar-refractivity contribution < 1.29 is 28.6 Å². The number of allylic oxidation sites excluding steroid dienone is 28. The number of hydrogen-bond acceptors (Lipinski definition) is 6. The van der Waals surface area contributed by atoms with E-state index >= 15 is 0 Å². The molecule has 6 nitrogen and oxygen atoms in total. The number of rotatable bonds is 44. The van der Waals surface area contributed by atoms with Gasteiger partial charge in [0.1, 0.15) is 13.2 Å². The third-order valence-corrected chi connectivity index (χ3v) is 9.96. The van der Waals surface area contributed by atoms with Crippen LogP contribution in [0.3, 0.4) is 0 Å². The molecular formula is C62H92O6. The molecule has 6 heteroatoms. The third-order valence-electron chi connectivity index (χ3n) is 9.96. The van der Waals surface area contributed by atoms with Gasteiger partial charge in [0.15, 0.2) is 6.10 Å². The molecule has 0 aliphatic rings. The van der Waals surface area contributed by atoms with Gasteiger partial charge in [0.25, 0.3) is 0 Å². The van der Waals surface area contributed by atoms with E-state index in [2.05, 4.69) is 179 Å². The van der Waals surface area contributed by atoms with Crippen molar-refractivity contribution in [3.8, 4) is 0 Å². The molecule has 0 spiro atoms. The van der Waals surface area contributed by atoms with E-state index in [1.54, 1.807) is 0 Å². The highest BCUT2D eigenvalue weighted by molar-refractivity contribution is 5.71. The minimum atomic E-state index is -0.857. The molecule has 0 N–H and O–H groups in total. The fourth-order valence-electron chi connectivity index (χ4n) is 6.16. The van der Waals surface area contributed by atoms with Crippen LogP contribution in [0.2, 0.25) is 0 Å². The maximum absolute atomic E-state index is 12.8. The molecule has 0 amide bonds. The van der Waals surface area contributed by atoms with E-state index in [4.69, 9.17) is 14.2 Å². The van der Waals surface area contributed by atoms with Gasteiger partial charge in [-0.25, -0.2) is 0 Å². The molecule has 0 saturated heterocycles. The van der Waals surface area contributed by atoms with E-state index in [0.29, 0.717) is 19.3 Å². The van der Waals surface area contributed by atoms with Crippen molar-refractivity contribution in [2.75, 3.05) is 13.2 Å². The Balaban J connectivity index is 4.67. The molecule has 1 unspecified atom stereocenters. The van der Waals surface area contributed by atoms with Gasteiger partial charge in [-0.1, -0.05) is 204 Å². The number of esters is 3. The summed E-state index contributed by atoms with van der Waals surface area (Å²) < 4.78 is 16.7. The summed E-state index contributed by atoms with van der Waals surface area (Å²) in [5.41, 5.74) is 0. The van der Waals surface area contributed by atoms with Gasteiger partial charge in [0.05, 0.1) is 0 Å². The highest BCUT2D eigenvalue weighted by Gasteiger charge is 2.19. The van der Waals surface area contributed by atoms with Crippen LogP contribution in [-0.4, -0.2) is 37.2 Å². The summed E-state index contributed by atoms with van der Waals surface area (Å²) >= 11 is 0. The van der Waals surface area contributed by atoms with Crippen LogP contribution in [-0.2, 0) is 28.6 Å². The second kappa shape index (κ2) is 54.4. The lowest BCUT2D eigenvalue weighted by Crippen LogP contribution is -2.30. The number of carbonyl (C=O) groups excluding carboxylic acids is 3. The Morgan fingerprint density at radius 3 is 0.941 bits per heavy atom. The lowest BCUT2D eigenvalue weighted by Gasteiger charge is -2.18. The molecule has 0 radical (unpaired) electrons. The van der Waals surface area contributed by atoms with Gasteiger partial charge < -0.3 is 14.2 Å². The molecule has 0 aliphatic carbocycles. The van der Waals surface area contributed by atoms with Gasteiger partial charge in [0, 0.05) is 19.3 Å². The van der Waals surface area contributed by atoms with E-state index in [-0.39, 0.29) is 38.0 Å². The zero-order chi connectivity index (χ0) is 49.3. The first-order valence-corrected chi connectivity index (χ1v) is 26.1. The lowest BCUT2D eigenvalue weighted by atomic mass is 10.1. The lowest BCUT2D eigenvalue weighted by molar-refractivity contribution is -0.166. The third kappa shape index (κ3) is 51.7. The molecular weight excluding hydrogens is 841 g/mol. The predicted octanol–water partition coefficient (Wildman–Crippen LogP) is 17.6. The van der Waals surface area contributed by atoms with E-state index in [9.17, 15) is 14.4 Å². The maximum atomic E-state index is 12.8. The summed E-state index contributed by atoms with van der Waals surface area (Å²) in [5.74, 6) is -1.13. The first-order valence-electron chi connectivity index (χ1n) is 26.1. The summed E-state index contributed by atoms with van der Waals surface area (Å²) in [4.78, 5) is 38.0. The molecule has 68 heavy (non-hydrogen) atoms. The average molecular weight is 933 g/mol. The Hall–Kier alpha value is -5.23. The van der Waals surface area contributed by atoms with Crippen LogP contribution in [0, 0.1) is 0 Å². The highest BCUT2D eigenvalue weighted by atomic mass is 16.6.